The number of hydrogen-bond donors (Lipinski definition) is 1. The number of esters is 1. The number of methoxy groups -OCH3 is 1. The monoisotopic (exact) mass is 309 g/mol. The van der Waals surface area contributed by atoms with Crippen molar-refractivity contribution in [1.82, 2.24) is 4.90 Å². The molecular weight excluding hydrogens is 282 g/mol. The van der Waals surface area contributed by atoms with Crippen LogP contribution in [0, 0.1) is 23.2 Å². The smallest absolute Gasteiger partial charge is 0.307 e. The van der Waals surface area contributed by atoms with E-state index < -0.39 is 0 Å². The summed E-state index contributed by atoms with van der Waals surface area (Å²) in [5, 5.41) is 9.28. The maximum Gasteiger partial charge on any atom is 0.307 e. The van der Waals surface area contributed by atoms with Gasteiger partial charge in [0.05, 0.1) is 25.6 Å². The Morgan fingerprint density at radius 1 is 1.09 bits per heavy atom. The van der Waals surface area contributed by atoms with Gasteiger partial charge in [-0.3, -0.25) is 9.59 Å². The predicted octanol–water partition coefficient (Wildman–Crippen LogP) is 1.59. The SMILES string of the molecule is COC(=O)CCN(CCO)C(=O)C12CC3CC(CC(C3)C1)C2. The Bertz CT molecular complexity index is 413. The first-order chi connectivity index (χ1) is 10.6. The Balaban J connectivity index is 1.71. The van der Waals surface area contributed by atoms with Crippen LogP contribution in [0.25, 0.3) is 0 Å². The minimum atomic E-state index is -0.304. The molecule has 0 spiro atoms. The van der Waals surface area contributed by atoms with Crippen LogP contribution in [-0.2, 0) is 14.3 Å². The molecule has 0 aromatic rings. The summed E-state index contributed by atoms with van der Waals surface area (Å²) in [6.45, 7) is 0.616. The first-order valence-corrected chi connectivity index (χ1v) is 8.53. The Hall–Kier alpha value is -1.10. The Morgan fingerprint density at radius 2 is 1.64 bits per heavy atom. The highest BCUT2D eigenvalue weighted by molar-refractivity contribution is 5.84. The first-order valence-electron chi connectivity index (χ1n) is 8.53. The van der Waals surface area contributed by atoms with E-state index in [2.05, 4.69) is 4.74 Å². The van der Waals surface area contributed by atoms with Crippen LogP contribution in [0.4, 0.5) is 0 Å². The zero-order chi connectivity index (χ0) is 15.7. The maximum atomic E-state index is 13.2. The topological polar surface area (TPSA) is 66.8 Å². The molecule has 22 heavy (non-hydrogen) atoms. The molecule has 4 aliphatic rings. The summed E-state index contributed by atoms with van der Waals surface area (Å²) >= 11 is 0. The molecule has 1 N–H and O–H groups in total. The van der Waals surface area contributed by atoms with Gasteiger partial charge in [0.2, 0.25) is 5.91 Å². The van der Waals surface area contributed by atoms with Crippen LogP contribution < -0.4 is 0 Å². The van der Waals surface area contributed by atoms with Crippen LogP contribution in [-0.4, -0.2) is 48.7 Å². The average molecular weight is 309 g/mol. The molecule has 4 rings (SSSR count). The number of carbonyl (C=O) groups is 2. The molecule has 4 fully saturated rings. The summed E-state index contributed by atoms with van der Waals surface area (Å²) in [6, 6.07) is 0. The van der Waals surface area contributed by atoms with Crippen molar-refractivity contribution in [1.29, 1.82) is 0 Å². The molecule has 5 nitrogen and oxygen atoms in total. The minimum Gasteiger partial charge on any atom is -0.469 e. The highest BCUT2D eigenvalue weighted by Crippen LogP contribution is 2.60. The van der Waals surface area contributed by atoms with E-state index in [1.807, 2.05) is 0 Å². The van der Waals surface area contributed by atoms with Crippen LogP contribution in [0.3, 0.4) is 0 Å². The third-order valence-electron chi connectivity index (χ3n) is 5.96. The van der Waals surface area contributed by atoms with Gasteiger partial charge in [0.1, 0.15) is 0 Å². The van der Waals surface area contributed by atoms with Gasteiger partial charge in [-0.25, -0.2) is 0 Å². The van der Waals surface area contributed by atoms with Gasteiger partial charge in [0, 0.05) is 13.1 Å². The van der Waals surface area contributed by atoms with E-state index in [0.29, 0.717) is 30.8 Å². The molecule has 124 valence electrons. The second-order valence-electron chi connectivity index (χ2n) is 7.54. The van der Waals surface area contributed by atoms with Crippen LogP contribution >= 0.6 is 0 Å². The van der Waals surface area contributed by atoms with Gasteiger partial charge in [-0.1, -0.05) is 0 Å². The molecule has 4 saturated carbocycles. The molecule has 5 heteroatoms. The van der Waals surface area contributed by atoms with Crippen molar-refractivity contribution >= 4 is 11.9 Å². The van der Waals surface area contributed by atoms with E-state index in [-0.39, 0.29) is 30.3 Å². The molecule has 0 unspecified atom stereocenters. The highest BCUT2D eigenvalue weighted by atomic mass is 16.5. The molecule has 0 atom stereocenters. The van der Waals surface area contributed by atoms with E-state index in [1.165, 1.54) is 26.4 Å². The van der Waals surface area contributed by atoms with E-state index >= 15 is 0 Å². The predicted molar refractivity (Wildman–Crippen MR) is 80.9 cm³/mol. The third kappa shape index (κ3) is 2.87. The van der Waals surface area contributed by atoms with Gasteiger partial charge in [-0.2, -0.15) is 0 Å². The average Bonchev–Trinajstić information content (AvgIpc) is 2.49. The fraction of sp³-hybridized carbons (Fsp3) is 0.882. The van der Waals surface area contributed by atoms with E-state index in [1.54, 1.807) is 4.90 Å². The third-order valence-corrected chi connectivity index (χ3v) is 5.96. The highest BCUT2D eigenvalue weighted by Gasteiger charge is 2.55. The van der Waals surface area contributed by atoms with Crippen molar-refractivity contribution < 1.29 is 19.4 Å². The van der Waals surface area contributed by atoms with Gasteiger partial charge in [0.25, 0.3) is 0 Å². The summed E-state index contributed by atoms with van der Waals surface area (Å²) in [6.07, 6.45) is 7.14. The summed E-state index contributed by atoms with van der Waals surface area (Å²) in [7, 11) is 1.36. The van der Waals surface area contributed by atoms with Gasteiger partial charge in [-0.15, -0.1) is 0 Å². The molecule has 1 amide bonds. The molecule has 0 saturated heterocycles. The number of ether oxygens (including phenoxy) is 1. The van der Waals surface area contributed by atoms with E-state index in [9.17, 15) is 14.7 Å². The molecular formula is C17H27NO4. The Kier molecular flexibility index (Phi) is 4.44. The number of carbonyl (C=O) groups excluding carboxylic acids is 2. The molecule has 0 aliphatic heterocycles. The normalized spacial score (nSPS) is 35.5. The fourth-order valence-electron chi connectivity index (χ4n) is 5.47. The second-order valence-corrected chi connectivity index (χ2v) is 7.54. The largest absolute Gasteiger partial charge is 0.469 e. The lowest BCUT2D eigenvalue weighted by atomic mass is 9.49. The summed E-state index contributed by atoms with van der Waals surface area (Å²) in [5.74, 6) is 2.01. The Labute approximate surface area is 132 Å². The van der Waals surface area contributed by atoms with Crippen LogP contribution in [0.1, 0.15) is 44.9 Å². The Morgan fingerprint density at radius 3 is 2.09 bits per heavy atom. The summed E-state index contributed by atoms with van der Waals surface area (Å²) in [4.78, 5) is 26.2. The number of nitrogens with zero attached hydrogens (tertiary/aromatic N) is 1. The lowest BCUT2D eigenvalue weighted by Crippen LogP contribution is -2.55. The number of aliphatic hydroxyl groups is 1. The van der Waals surface area contributed by atoms with Crippen LogP contribution in [0.2, 0.25) is 0 Å². The zero-order valence-electron chi connectivity index (χ0n) is 13.4. The van der Waals surface area contributed by atoms with E-state index in [0.717, 1.165) is 19.3 Å². The molecule has 4 aliphatic carbocycles. The van der Waals surface area contributed by atoms with Gasteiger partial charge in [0.15, 0.2) is 0 Å². The lowest BCUT2D eigenvalue weighted by molar-refractivity contribution is -0.158. The van der Waals surface area contributed by atoms with Gasteiger partial charge < -0.3 is 14.7 Å². The minimum absolute atomic E-state index is 0.0563. The van der Waals surface area contributed by atoms with Gasteiger partial charge >= 0.3 is 5.97 Å². The lowest BCUT2D eigenvalue weighted by Gasteiger charge is -2.56. The standard InChI is InChI=1S/C17H27NO4/c1-22-15(20)2-3-18(4-5-19)16(21)17-9-12-6-13(10-17)8-14(7-12)11-17/h12-14,19H,2-11H2,1H3. The van der Waals surface area contributed by atoms with Crippen molar-refractivity contribution in [3.63, 3.8) is 0 Å². The van der Waals surface area contributed by atoms with Crippen molar-refractivity contribution in [2.75, 3.05) is 26.8 Å². The number of rotatable bonds is 6. The van der Waals surface area contributed by atoms with Crippen LogP contribution in [0.5, 0.6) is 0 Å². The molecule has 0 heterocycles. The maximum absolute atomic E-state index is 13.2. The zero-order valence-corrected chi connectivity index (χ0v) is 13.4. The number of hydrogen-bond acceptors (Lipinski definition) is 4. The summed E-state index contributed by atoms with van der Waals surface area (Å²) in [5.41, 5.74) is -0.208. The molecule has 4 bridgehead atoms. The molecule has 0 aromatic carbocycles. The van der Waals surface area contributed by atoms with E-state index in [4.69, 9.17) is 0 Å². The van der Waals surface area contributed by atoms with Crippen molar-refractivity contribution in [2.45, 2.75) is 44.9 Å². The van der Waals surface area contributed by atoms with Crippen molar-refractivity contribution in [3.05, 3.63) is 0 Å². The van der Waals surface area contributed by atoms with Crippen molar-refractivity contribution in [3.8, 4) is 0 Å². The summed E-state index contributed by atoms with van der Waals surface area (Å²) < 4.78 is 4.67. The first kappa shape index (κ1) is 15.8. The quantitative estimate of drug-likeness (QED) is 0.757. The van der Waals surface area contributed by atoms with Gasteiger partial charge in [-0.05, 0) is 56.3 Å². The second kappa shape index (κ2) is 6.19. The number of aliphatic hydroxyl groups excluding tert-OH is 1. The van der Waals surface area contributed by atoms with Crippen molar-refractivity contribution in [2.24, 2.45) is 23.2 Å². The molecule has 0 radical (unpaired) electrons. The number of amides is 1. The molecule has 0 aromatic heterocycles. The van der Waals surface area contributed by atoms with Crippen LogP contribution in [0.15, 0.2) is 0 Å². The fourth-order valence-corrected chi connectivity index (χ4v) is 5.47.